The van der Waals surface area contributed by atoms with Gasteiger partial charge in [0.1, 0.15) is 5.00 Å². The van der Waals surface area contributed by atoms with E-state index >= 15 is 0 Å². The molecule has 0 atom stereocenters. The summed E-state index contributed by atoms with van der Waals surface area (Å²) in [5.41, 5.74) is 2.65. The van der Waals surface area contributed by atoms with E-state index in [1.807, 2.05) is 42.7 Å². The Morgan fingerprint density at radius 3 is 2.55 bits per heavy atom. The average Bonchev–Trinajstić information content (AvgIpc) is 3.26. The van der Waals surface area contributed by atoms with Crippen LogP contribution < -0.4 is 15.4 Å². The summed E-state index contributed by atoms with van der Waals surface area (Å²) in [6.45, 7) is 2.35. The maximum atomic E-state index is 12.6. The Labute approximate surface area is 201 Å². The van der Waals surface area contributed by atoms with Crippen molar-refractivity contribution in [3.63, 3.8) is 0 Å². The van der Waals surface area contributed by atoms with Crippen molar-refractivity contribution in [2.75, 3.05) is 24.7 Å². The number of thiophene rings is 1. The van der Waals surface area contributed by atoms with Crippen LogP contribution in [0.4, 0.5) is 5.00 Å². The summed E-state index contributed by atoms with van der Waals surface area (Å²) in [5.74, 6) is -1.29. The highest BCUT2D eigenvalue weighted by Gasteiger charge is 2.20. The number of carbonyl (C=O) groups excluding carboxylic acids is 3. The number of amides is 2. The maximum Gasteiger partial charge on any atom is 0.341 e. The van der Waals surface area contributed by atoms with Gasteiger partial charge in [-0.25, -0.2) is 4.79 Å². The third-order valence-corrected chi connectivity index (χ3v) is 6.09. The summed E-state index contributed by atoms with van der Waals surface area (Å²) in [6, 6.07) is 18.5. The molecule has 3 aromatic rings. The van der Waals surface area contributed by atoms with Crippen LogP contribution in [-0.2, 0) is 16.1 Å². The number of nitrogens with one attached hydrogen (secondary N) is 3. The van der Waals surface area contributed by atoms with Gasteiger partial charge in [0.15, 0.2) is 0 Å². The molecule has 33 heavy (non-hydrogen) atoms. The molecule has 0 bridgehead atoms. The van der Waals surface area contributed by atoms with Gasteiger partial charge in [-0.15, -0.1) is 11.3 Å². The highest BCUT2D eigenvalue weighted by molar-refractivity contribution is 7.96. The number of hydrogen-bond donors (Lipinski definition) is 3. The number of anilines is 1. The van der Waals surface area contributed by atoms with Crippen molar-refractivity contribution in [3.05, 3.63) is 77.4 Å². The molecule has 0 spiro atoms. The van der Waals surface area contributed by atoms with Gasteiger partial charge in [-0.2, -0.15) is 0 Å². The van der Waals surface area contributed by atoms with Crippen molar-refractivity contribution in [3.8, 4) is 10.4 Å². The highest BCUT2D eigenvalue weighted by Crippen LogP contribution is 2.35. The third-order valence-electron chi connectivity index (χ3n) is 4.56. The van der Waals surface area contributed by atoms with Gasteiger partial charge in [0.2, 0.25) is 5.91 Å². The van der Waals surface area contributed by atoms with Gasteiger partial charge in [-0.05, 0) is 42.5 Å². The third kappa shape index (κ3) is 6.92. The van der Waals surface area contributed by atoms with Crippen molar-refractivity contribution in [1.82, 2.24) is 10.0 Å². The first-order chi connectivity index (χ1) is 16.0. The number of benzene rings is 2. The number of ether oxygens (including phenoxy) is 1. The van der Waals surface area contributed by atoms with Gasteiger partial charge in [0.05, 0.1) is 18.7 Å². The summed E-state index contributed by atoms with van der Waals surface area (Å²) >= 11 is 2.78. The van der Waals surface area contributed by atoms with E-state index in [1.54, 1.807) is 31.2 Å². The Morgan fingerprint density at radius 1 is 1.03 bits per heavy atom. The van der Waals surface area contributed by atoms with E-state index in [-0.39, 0.29) is 24.6 Å². The molecule has 0 radical (unpaired) electrons. The Morgan fingerprint density at radius 2 is 1.82 bits per heavy atom. The first kappa shape index (κ1) is 24.5. The lowest BCUT2D eigenvalue weighted by molar-refractivity contribution is -0.115. The minimum absolute atomic E-state index is 0.227. The standard InChI is InChI=1S/C24H25N3O4S2/c1-3-31-24(30)19-13-20(17-9-5-4-6-10-17)33-23(19)27-21(28)15-25-22(29)18-11-7-8-16(12-18)14-26-32-2/h4-13,26H,3,14-15H2,1-2H3,(H,25,29)(H,27,28). The molecule has 0 aliphatic heterocycles. The van der Waals surface area contributed by atoms with Crippen molar-refractivity contribution in [1.29, 1.82) is 0 Å². The predicted molar refractivity (Wildman–Crippen MR) is 133 cm³/mol. The first-order valence-electron chi connectivity index (χ1n) is 10.3. The van der Waals surface area contributed by atoms with E-state index in [0.29, 0.717) is 17.1 Å². The topological polar surface area (TPSA) is 96.5 Å². The second-order valence-electron chi connectivity index (χ2n) is 6.90. The summed E-state index contributed by atoms with van der Waals surface area (Å²) in [4.78, 5) is 38.3. The van der Waals surface area contributed by atoms with E-state index in [1.165, 1.54) is 23.3 Å². The zero-order chi connectivity index (χ0) is 23.6. The normalized spacial score (nSPS) is 10.5. The molecule has 3 rings (SSSR count). The monoisotopic (exact) mass is 483 g/mol. The second kappa shape index (κ2) is 12.2. The predicted octanol–water partition coefficient (Wildman–Crippen LogP) is 4.33. The summed E-state index contributed by atoms with van der Waals surface area (Å²) in [6.07, 6.45) is 1.93. The van der Waals surface area contributed by atoms with Crippen LogP contribution in [0.15, 0.2) is 60.7 Å². The van der Waals surface area contributed by atoms with Crippen LogP contribution >= 0.6 is 23.3 Å². The van der Waals surface area contributed by atoms with Crippen molar-refractivity contribution in [2.45, 2.75) is 13.5 Å². The highest BCUT2D eigenvalue weighted by atomic mass is 32.2. The largest absolute Gasteiger partial charge is 0.462 e. The van der Waals surface area contributed by atoms with Gasteiger partial charge >= 0.3 is 5.97 Å². The van der Waals surface area contributed by atoms with Crippen molar-refractivity contribution >= 4 is 46.1 Å². The maximum absolute atomic E-state index is 12.6. The molecule has 9 heteroatoms. The molecular weight excluding hydrogens is 458 g/mol. The van der Waals surface area contributed by atoms with Gasteiger partial charge in [0.25, 0.3) is 5.91 Å². The molecule has 0 saturated heterocycles. The molecule has 7 nitrogen and oxygen atoms in total. The number of rotatable bonds is 10. The van der Waals surface area contributed by atoms with Crippen LogP contribution in [0, 0.1) is 0 Å². The van der Waals surface area contributed by atoms with E-state index < -0.39 is 11.9 Å². The Hall–Kier alpha value is -3.14. The lowest BCUT2D eigenvalue weighted by atomic mass is 10.1. The molecule has 172 valence electrons. The van der Waals surface area contributed by atoms with E-state index in [0.717, 1.165) is 16.0 Å². The zero-order valence-electron chi connectivity index (χ0n) is 18.3. The molecule has 0 saturated carbocycles. The molecule has 0 unspecified atom stereocenters. The summed E-state index contributed by atoms with van der Waals surface area (Å²) in [7, 11) is 0. The number of hydrogen-bond acceptors (Lipinski definition) is 7. The van der Waals surface area contributed by atoms with E-state index in [2.05, 4.69) is 15.4 Å². The molecule has 2 amide bonds. The Bertz CT molecular complexity index is 1120. The number of carbonyl (C=O) groups is 3. The number of esters is 1. The van der Waals surface area contributed by atoms with E-state index in [9.17, 15) is 14.4 Å². The molecular formula is C24H25N3O4S2. The van der Waals surface area contributed by atoms with Crippen LogP contribution in [0.2, 0.25) is 0 Å². The molecule has 1 heterocycles. The first-order valence-corrected chi connectivity index (χ1v) is 12.3. The van der Waals surface area contributed by atoms with Gasteiger partial charge in [-0.3, -0.25) is 14.3 Å². The lowest BCUT2D eigenvalue weighted by Gasteiger charge is -2.08. The fraction of sp³-hybridized carbons (Fsp3) is 0.208. The van der Waals surface area contributed by atoms with E-state index in [4.69, 9.17) is 4.74 Å². The second-order valence-corrected chi connectivity index (χ2v) is 8.65. The van der Waals surface area contributed by atoms with Crippen LogP contribution in [0.3, 0.4) is 0 Å². The van der Waals surface area contributed by atoms with Gasteiger partial charge in [0, 0.05) is 17.0 Å². The Balaban J connectivity index is 1.67. The fourth-order valence-corrected chi connectivity index (χ4v) is 4.38. The van der Waals surface area contributed by atoms with Crippen LogP contribution in [-0.4, -0.2) is 37.2 Å². The SMILES string of the molecule is CCOC(=O)c1cc(-c2ccccc2)sc1NC(=O)CNC(=O)c1cccc(CNSC)c1. The van der Waals surface area contributed by atoms with Crippen LogP contribution in [0.25, 0.3) is 10.4 Å². The summed E-state index contributed by atoms with van der Waals surface area (Å²) in [5, 5.41) is 5.75. The van der Waals surface area contributed by atoms with Crippen LogP contribution in [0.5, 0.6) is 0 Å². The van der Waals surface area contributed by atoms with Crippen molar-refractivity contribution < 1.29 is 19.1 Å². The van der Waals surface area contributed by atoms with Crippen LogP contribution in [0.1, 0.15) is 33.2 Å². The minimum atomic E-state index is -0.508. The minimum Gasteiger partial charge on any atom is -0.462 e. The lowest BCUT2D eigenvalue weighted by Crippen LogP contribution is -2.33. The smallest absolute Gasteiger partial charge is 0.341 e. The molecule has 3 N–H and O–H groups in total. The van der Waals surface area contributed by atoms with Crippen molar-refractivity contribution in [2.24, 2.45) is 0 Å². The zero-order valence-corrected chi connectivity index (χ0v) is 20.0. The molecule has 0 fully saturated rings. The fourth-order valence-electron chi connectivity index (χ4n) is 3.00. The average molecular weight is 484 g/mol. The Kier molecular flexibility index (Phi) is 9.05. The molecule has 1 aromatic heterocycles. The quantitative estimate of drug-likeness (QED) is 0.293. The van der Waals surface area contributed by atoms with Gasteiger partial charge < -0.3 is 15.4 Å². The molecule has 0 aliphatic rings. The molecule has 2 aromatic carbocycles. The summed E-state index contributed by atoms with van der Waals surface area (Å²) < 4.78 is 8.26. The van der Waals surface area contributed by atoms with Gasteiger partial charge in [-0.1, -0.05) is 54.4 Å². The molecule has 0 aliphatic carbocycles.